The molecule has 2 rings (SSSR count). The first-order chi connectivity index (χ1) is 25.6. The molecule has 0 aromatic heterocycles. The molecule has 0 unspecified atom stereocenters. The molecule has 52 heavy (non-hydrogen) atoms. The Hall–Kier alpha value is -1.57. The minimum absolute atomic E-state index is 0.798. The number of unbranched alkanes of at least 4 members (excludes halogenated alkanes) is 24. The van der Waals surface area contributed by atoms with Crippen LogP contribution < -0.4 is 9.05 Å². The van der Waals surface area contributed by atoms with Crippen molar-refractivity contribution in [2.24, 2.45) is 0 Å². The molecule has 1 N–H and O–H groups in total. The summed E-state index contributed by atoms with van der Waals surface area (Å²) in [5, 5.41) is 0. The molecule has 0 fully saturated rings. The lowest BCUT2D eigenvalue weighted by molar-refractivity contribution is 0.377. The summed E-state index contributed by atoms with van der Waals surface area (Å²) in [6, 6.07) is 13.4. The van der Waals surface area contributed by atoms with Crippen molar-refractivity contribution in [3.05, 3.63) is 58.7 Å². The topological polar surface area (TPSA) is 38.7 Å². The van der Waals surface area contributed by atoms with Crippen LogP contribution in [0.2, 0.25) is 0 Å². The fourth-order valence-corrected chi connectivity index (χ4v) is 8.18. The Morgan fingerprint density at radius 3 is 0.942 bits per heavy atom. The van der Waals surface area contributed by atoms with Gasteiger partial charge in [0.1, 0.15) is 11.5 Å². The zero-order valence-electron chi connectivity index (χ0n) is 34.8. The highest BCUT2D eigenvalue weighted by Crippen LogP contribution is 2.40. The van der Waals surface area contributed by atoms with Crippen LogP contribution in [0.15, 0.2) is 36.4 Å². The summed E-state index contributed by atoms with van der Waals surface area (Å²) >= 11 is 0. The fourth-order valence-electron chi connectivity index (χ4n) is 7.45. The zero-order valence-corrected chi connectivity index (χ0v) is 35.7. The third-order valence-electron chi connectivity index (χ3n) is 10.8. The molecule has 4 heteroatoms. The van der Waals surface area contributed by atoms with E-state index in [2.05, 4.69) is 64.1 Å². The van der Waals surface area contributed by atoms with Crippen molar-refractivity contribution in [1.29, 1.82) is 0 Å². The van der Waals surface area contributed by atoms with Gasteiger partial charge in [-0.1, -0.05) is 206 Å². The lowest BCUT2D eigenvalue weighted by Gasteiger charge is -2.18. The van der Waals surface area contributed by atoms with E-state index in [1.54, 1.807) is 0 Å². The van der Waals surface area contributed by atoms with Gasteiger partial charge in [-0.05, 0) is 85.8 Å². The van der Waals surface area contributed by atoms with Crippen molar-refractivity contribution in [3.63, 3.8) is 0 Å². The van der Waals surface area contributed by atoms with Gasteiger partial charge in [-0.15, -0.1) is 0 Å². The first-order valence-electron chi connectivity index (χ1n) is 22.7. The van der Waals surface area contributed by atoms with E-state index in [4.69, 9.17) is 9.05 Å². The fraction of sp³-hybridized carbons (Fsp3) is 0.750. The quantitative estimate of drug-likeness (QED) is 0.0559. The lowest BCUT2D eigenvalue weighted by Crippen LogP contribution is -2.02. The van der Waals surface area contributed by atoms with Crippen LogP contribution in [0.5, 0.6) is 11.5 Å². The third kappa shape index (κ3) is 23.3. The minimum Gasteiger partial charge on any atom is -0.418 e. The first kappa shape index (κ1) is 46.6. The summed E-state index contributed by atoms with van der Waals surface area (Å²) in [6.45, 7) is 9.14. The smallest absolute Gasteiger partial charge is 0.418 e. The summed E-state index contributed by atoms with van der Waals surface area (Å²) in [5.74, 6) is 1.60. The maximum absolute atomic E-state index is 11.3. The van der Waals surface area contributed by atoms with E-state index in [9.17, 15) is 4.89 Å². The van der Waals surface area contributed by atoms with E-state index in [1.165, 1.54) is 189 Å². The maximum atomic E-state index is 11.3. The molecule has 0 saturated carbocycles. The van der Waals surface area contributed by atoms with E-state index < -0.39 is 8.60 Å². The average Bonchev–Trinajstić information content (AvgIpc) is 3.15. The Morgan fingerprint density at radius 2 is 0.635 bits per heavy atom. The molecule has 0 aliphatic carbocycles. The molecule has 2 aromatic rings. The predicted molar refractivity (Wildman–Crippen MR) is 230 cm³/mol. The second kappa shape index (κ2) is 32.8. The van der Waals surface area contributed by atoms with Gasteiger partial charge in [0.25, 0.3) is 0 Å². The zero-order chi connectivity index (χ0) is 37.3. The van der Waals surface area contributed by atoms with Crippen LogP contribution in [0.1, 0.15) is 230 Å². The Morgan fingerprint density at radius 1 is 0.365 bits per heavy atom. The van der Waals surface area contributed by atoms with Crippen LogP contribution in [0.25, 0.3) is 0 Å². The van der Waals surface area contributed by atoms with Gasteiger partial charge in [0, 0.05) is 0 Å². The second-order valence-electron chi connectivity index (χ2n) is 15.8. The third-order valence-corrected chi connectivity index (χ3v) is 11.5. The van der Waals surface area contributed by atoms with Crippen LogP contribution in [-0.4, -0.2) is 4.89 Å². The highest BCUT2D eigenvalue weighted by molar-refractivity contribution is 7.41. The molecule has 0 aliphatic rings. The molecular weight excluding hydrogens is 655 g/mol. The Kier molecular flexibility index (Phi) is 29.4. The summed E-state index contributed by atoms with van der Waals surface area (Å²) in [4.78, 5) is 11.3. The highest BCUT2D eigenvalue weighted by atomic mass is 31.2. The van der Waals surface area contributed by atoms with Gasteiger partial charge in [-0.25, -0.2) is 0 Å². The molecule has 0 radical (unpaired) electrons. The molecular formula is C48H83O3P. The van der Waals surface area contributed by atoms with E-state index in [0.29, 0.717) is 0 Å². The number of rotatable bonds is 36. The highest BCUT2D eigenvalue weighted by Gasteiger charge is 2.18. The maximum Gasteiger partial charge on any atom is 0.460 e. The summed E-state index contributed by atoms with van der Waals surface area (Å²) in [5.41, 5.74) is 5.26. The molecule has 298 valence electrons. The molecule has 0 spiro atoms. The number of benzene rings is 2. The number of aryl methyl sites for hydroxylation is 4. The monoisotopic (exact) mass is 739 g/mol. The van der Waals surface area contributed by atoms with Crippen LogP contribution in [0.3, 0.4) is 0 Å². The van der Waals surface area contributed by atoms with Gasteiger partial charge in [-0.2, -0.15) is 0 Å². The minimum atomic E-state index is -2.08. The number of hydrogen-bond acceptors (Lipinski definition) is 3. The number of hydrogen-bond donors (Lipinski definition) is 1. The van der Waals surface area contributed by atoms with Crippen molar-refractivity contribution in [2.75, 3.05) is 0 Å². The molecule has 0 aliphatic heterocycles. The van der Waals surface area contributed by atoms with Crippen molar-refractivity contribution >= 4 is 8.60 Å². The van der Waals surface area contributed by atoms with Gasteiger partial charge in [-0.3, -0.25) is 0 Å². The molecule has 0 atom stereocenters. The van der Waals surface area contributed by atoms with E-state index in [0.717, 1.165) is 50.0 Å². The van der Waals surface area contributed by atoms with Crippen LogP contribution in [0, 0.1) is 0 Å². The van der Waals surface area contributed by atoms with Crippen LogP contribution >= 0.6 is 8.60 Å². The van der Waals surface area contributed by atoms with Gasteiger partial charge in [0.05, 0.1) is 0 Å². The van der Waals surface area contributed by atoms with Gasteiger partial charge in [0.2, 0.25) is 0 Å². The molecule has 0 heterocycles. The second-order valence-corrected chi connectivity index (χ2v) is 16.6. The molecule has 0 amide bonds. The molecule has 3 nitrogen and oxygen atoms in total. The Bertz CT molecular complexity index is 1020. The largest absolute Gasteiger partial charge is 0.460 e. The Balaban J connectivity index is 2.05. The first-order valence-corrected chi connectivity index (χ1v) is 23.8. The molecule has 2 aromatic carbocycles. The van der Waals surface area contributed by atoms with Gasteiger partial charge in [0.15, 0.2) is 0 Å². The standard InChI is InChI=1S/C48H83O3P/c1-5-9-13-17-21-25-29-33-43-37-39-47(45(41-43)35-31-27-23-19-15-11-7-3)50-52(49)51-48-40-38-44(34-30-26-22-18-14-10-6-2)42-46(48)36-32-28-24-20-16-12-8-4/h37-42,49H,5-36H2,1-4H3. The normalized spacial score (nSPS) is 11.5. The van der Waals surface area contributed by atoms with Crippen LogP contribution in [-0.2, 0) is 25.7 Å². The summed E-state index contributed by atoms with van der Waals surface area (Å²) < 4.78 is 12.6. The van der Waals surface area contributed by atoms with Gasteiger partial charge >= 0.3 is 8.60 Å². The SMILES string of the molecule is CCCCCCCCCc1ccc(OP(O)Oc2ccc(CCCCCCCCC)cc2CCCCCCCCC)c(CCCCCCCCC)c1. The Labute approximate surface area is 324 Å². The van der Waals surface area contributed by atoms with Crippen molar-refractivity contribution in [2.45, 2.75) is 233 Å². The predicted octanol–water partition coefficient (Wildman–Crippen LogP) is 16.5. The van der Waals surface area contributed by atoms with E-state index in [1.807, 2.05) is 0 Å². The molecule has 0 bridgehead atoms. The average molecular weight is 739 g/mol. The molecule has 0 saturated heterocycles. The van der Waals surface area contributed by atoms with Crippen molar-refractivity contribution < 1.29 is 13.9 Å². The summed E-state index contributed by atoms with van der Waals surface area (Å²) in [7, 11) is -2.08. The van der Waals surface area contributed by atoms with Gasteiger partial charge < -0.3 is 13.9 Å². The summed E-state index contributed by atoms with van der Waals surface area (Å²) in [6.07, 6.45) is 41.0. The van der Waals surface area contributed by atoms with Crippen molar-refractivity contribution in [3.8, 4) is 11.5 Å². The van der Waals surface area contributed by atoms with Crippen molar-refractivity contribution in [1.82, 2.24) is 0 Å². The lowest BCUT2D eigenvalue weighted by atomic mass is 9.99. The van der Waals surface area contributed by atoms with E-state index >= 15 is 0 Å². The van der Waals surface area contributed by atoms with E-state index in [-0.39, 0.29) is 0 Å². The van der Waals surface area contributed by atoms with Crippen LogP contribution in [0.4, 0.5) is 0 Å².